The van der Waals surface area contributed by atoms with E-state index < -0.39 is 0 Å². The third kappa shape index (κ3) is 3.48. The van der Waals surface area contributed by atoms with Gasteiger partial charge in [0.25, 0.3) is 0 Å². The van der Waals surface area contributed by atoms with Gasteiger partial charge in [0.2, 0.25) is 0 Å². The van der Waals surface area contributed by atoms with Crippen molar-refractivity contribution in [1.29, 1.82) is 0 Å². The first kappa shape index (κ1) is 13.8. The van der Waals surface area contributed by atoms with Crippen molar-refractivity contribution >= 4 is 5.78 Å². The van der Waals surface area contributed by atoms with E-state index in [4.69, 9.17) is 4.74 Å². The van der Waals surface area contributed by atoms with Gasteiger partial charge in [-0.25, -0.2) is 4.39 Å². The number of hydrogen-bond donors (Lipinski definition) is 0. The molecule has 0 spiro atoms. The van der Waals surface area contributed by atoms with E-state index in [-0.39, 0.29) is 11.6 Å². The normalized spacial score (nSPS) is 12.8. The fourth-order valence-corrected chi connectivity index (χ4v) is 2.64. The van der Waals surface area contributed by atoms with Gasteiger partial charge in [-0.3, -0.25) is 4.79 Å². The Morgan fingerprint density at radius 1 is 1.14 bits per heavy atom. The minimum atomic E-state index is -0.293. The zero-order valence-electron chi connectivity index (χ0n) is 11.8. The molecular formula is C18H17FO2. The molecule has 0 saturated carbocycles. The van der Waals surface area contributed by atoms with Crippen LogP contribution in [0.2, 0.25) is 0 Å². The summed E-state index contributed by atoms with van der Waals surface area (Å²) in [4.78, 5) is 12.0. The first-order chi connectivity index (χ1) is 10.2. The Balaban J connectivity index is 1.56. The zero-order valence-corrected chi connectivity index (χ0v) is 11.8. The second-order valence-electron chi connectivity index (χ2n) is 5.39. The lowest BCUT2D eigenvalue weighted by Gasteiger charge is -2.05. The van der Waals surface area contributed by atoms with Crippen LogP contribution in [0.1, 0.15) is 23.1 Å². The molecule has 1 aliphatic rings. The van der Waals surface area contributed by atoms with Gasteiger partial charge in [0.05, 0.1) is 6.61 Å². The molecule has 0 bridgehead atoms. The molecule has 0 amide bonds. The average Bonchev–Trinajstić information content (AvgIpc) is 2.92. The summed E-state index contributed by atoms with van der Waals surface area (Å²) in [5.74, 6) is 0.807. The second-order valence-corrected chi connectivity index (χ2v) is 5.39. The van der Waals surface area contributed by atoms with Crippen LogP contribution in [0.3, 0.4) is 0 Å². The molecule has 2 aromatic rings. The Kier molecular flexibility index (Phi) is 4.00. The molecular weight excluding hydrogens is 267 g/mol. The number of benzene rings is 2. The average molecular weight is 284 g/mol. The number of ether oxygens (including phenoxy) is 1. The Morgan fingerprint density at radius 2 is 2.05 bits per heavy atom. The molecule has 0 aliphatic carbocycles. The van der Waals surface area contributed by atoms with Crippen molar-refractivity contribution in [3.8, 4) is 5.75 Å². The maximum Gasteiger partial charge on any atom is 0.137 e. The first-order valence-corrected chi connectivity index (χ1v) is 7.21. The molecule has 3 rings (SSSR count). The van der Waals surface area contributed by atoms with Crippen molar-refractivity contribution in [3.63, 3.8) is 0 Å². The maximum absolute atomic E-state index is 13.1. The Labute approximate surface area is 123 Å². The van der Waals surface area contributed by atoms with Crippen molar-refractivity contribution < 1.29 is 13.9 Å². The third-order valence-electron chi connectivity index (χ3n) is 3.74. The van der Waals surface area contributed by atoms with E-state index in [9.17, 15) is 9.18 Å². The van der Waals surface area contributed by atoms with Crippen LogP contribution in [-0.2, 0) is 24.1 Å². The fourth-order valence-electron chi connectivity index (χ4n) is 2.64. The topological polar surface area (TPSA) is 26.3 Å². The number of aryl methyl sites for hydroxylation is 1. The number of Topliss-reactive ketones (excluding diaryl/α,β-unsaturated/α-hetero) is 1. The van der Waals surface area contributed by atoms with Gasteiger partial charge in [0, 0.05) is 19.3 Å². The van der Waals surface area contributed by atoms with Crippen molar-refractivity contribution in [3.05, 3.63) is 65.0 Å². The molecule has 3 heteroatoms. The monoisotopic (exact) mass is 284 g/mol. The standard InChI is InChI=1S/C18H17FO2/c19-16-3-1-2-14(11-16)12-17(20)6-4-13-5-7-18-15(10-13)8-9-21-18/h1-3,5,7,10-11H,4,6,8-9,12H2. The smallest absolute Gasteiger partial charge is 0.137 e. The molecule has 2 nitrogen and oxygen atoms in total. The maximum atomic E-state index is 13.1. The molecule has 0 atom stereocenters. The Morgan fingerprint density at radius 3 is 2.90 bits per heavy atom. The van der Waals surface area contributed by atoms with Gasteiger partial charge in [0.15, 0.2) is 0 Å². The van der Waals surface area contributed by atoms with E-state index >= 15 is 0 Å². The van der Waals surface area contributed by atoms with E-state index in [0.29, 0.717) is 12.8 Å². The summed E-state index contributed by atoms with van der Waals surface area (Å²) in [7, 11) is 0. The number of hydrogen-bond acceptors (Lipinski definition) is 2. The van der Waals surface area contributed by atoms with Crippen molar-refractivity contribution in [2.45, 2.75) is 25.7 Å². The van der Waals surface area contributed by atoms with Crippen molar-refractivity contribution in [1.82, 2.24) is 0 Å². The molecule has 2 aromatic carbocycles. The Hall–Kier alpha value is -2.16. The minimum absolute atomic E-state index is 0.136. The molecule has 1 aliphatic heterocycles. The van der Waals surface area contributed by atoms with Crippen LogP contribution in [-0.4, -0.2) is 12.4 Å². The number of carbonyl (C=O) groups excluding carboxylic acids is 1. The van der Waals surface area contributed by atoms with E-state index in [2.05, 4.69) is 6.07 Å². The molecule has 21 heavy (non-hydrogen) atoms. The van der Waals surface area contributed by atoms with Gasteiger partial charge in [-0.1, -0.05) is 24.3 Å². The number of fused-ring (bicyclic) bond motifs is 1. The molecule has 0 fully saturated rings. The molecule has 1 heterocycles. The molecule has 108 valence electrons. The summed E-state index contributed by atoms with van der Waals surface area (Å²) >= 11 is 0. The molecule has 0 saturated heterocycles. The van der Waals surface area contributed by atoms with E-state index in [1.807, 2.05) is 12.1 Å². The van der Waals surface area contributed by atoms with Crippen LogP contribution in [0.5, 0.6) is 5.75 Å². The summed E-state index contributed by atoms with van der Waals surface area (Å²) < 4.78 is 18.5. The highest BCUT2D eigenvalue weighted by Crippen LogP contribution is 2.26. The number of halogens is 1. The fraction of sp³-hybridized carbons (Fsp3) is 0.278. The highest BCUT2D eigenvalue weighted by atomic mass is 19.1. The highest BCUT2D eigenvalue weighted by Gasteiger charge is 2.12. The lowest BCUT2D eigenvalue weighted by atomic mass is 10.0. The van der Waals surface area contributed by atoms with Crippen LogP contribution in [0.4, 0.5) is 4.39 Å². The quantitative estimate of drug-likeness (QED) is 0.840. The van der Waals surface area contributed by atoms with Crippen LogP contribution < -0.4 is 4.74 Å². The van der Waals surface area contributed by atoms with Crippen LogP contribution >= 0.6 is 0 Å². The van der Waals surface area contributed by atoms with E-state index in [1.54, 1.807) is 12.1 Å². The summed E-state index contributed by atoms with van der Waals surface area (Å²) in [6, 6.07) is 12.4. The predicted molar refractivity (Wildman–Crippen MR) is 79.1 cm³/mol. The molecule has 0 N–H and O–H groups in total. The lowest BCUT2D eigenvalue weighted by Crippen LogP contribution is -2.04. The highest BCUT2D eigenvalue weighted by molar-refractivity contribution is 5.81. The van der Waals surface area contributed by atoms with Crippen molar-refractivity contribution in [2.75, 3.05) is 6.61 Å². The van der Waals surface area contributed by atoms with E-state index in [0.717, 1.165) is 36.3 Å². The first-order valence-electron chi connectivity index (χ1n) is 7.21. The lowest BCUT2D eigenvalue weighted by molar-refractivity contribution is -0.118. The van der Waals surface area contributed by atoms with Gasteiger partial charge in [-0.2, -0.15) is 0 Å². The van der Waals surface area contributed by atoms with Gasteiger partial charge >= 0.3 is 0 Å². The SMILES string of the molecule is O=C(CCc1ccc2c(c1)CCO2)Cc1cccc(F)c1. The zero-order chi connectivity index (χ0) is 14.7. The van der Waals surface area contributed by atoms with Gasteiger partial charge in [0.1, 0.15) is 17.3 Å². The van der Waals surface area contributed by atoms with Gasteiger partial charge in [-0.05, 0) is 41.3 Å². The Bertz CT molecular complexity index is 664. The summed E-state index contributed by atoms with van der Waals surface area (Å²) in [5.41, 5.74) is 3.12. The van der Waals surface area contributed by atoms with Crippen LogP contribution in [0.25, 0.3) is 0 Å². The molecule has 0 aromatic heterocycles. The summed E-state index contributed by atoms with van der Waals surface area (Å²) in [5, 5.41) is 0. The number of ketones is 1. The van der Waals surface area contributed by atoms with E-state index in [1.165, 1.54) is 17.7 Å². The van der Waals surface area contributed by atoms with Crippen molar-refractivity contribution in [2.24, 2.45) is 0 Å². The third-order valence-corrected chi connectivity index (χ3v) is 3.74. The van der Waals surface area contributed by atoms with Gasteiger partial charge < -0.3 is 4.74 Å². The largest absolute Gasteiger partial charge is 0.493 e. The van der Waals surface area contributed by atoms with Crippen LogP contribution in [0, 0.1) is 5.82 Å². The summed E-state index contributed by atoms with van der Waals surface area (Å²) in [6.45, 7) is 0.747. The number of carbonyl (C=O) groups is 1. The van der Waals surface area contributed by atoms with Crippen LogP contribution in [0.15, 0.2) is 42.5 Å². The predicted octanol–water partition coefficient (Wildman–Crippen LogP) is 3.51. The molecule has 0 unspecified atom stereocenters. The molecule has 0 radical (unpaired) electrons. The van der Waals surface area contributed by atoms with Gasteiger partial charge in [-0.15, -0.1) is 0 Å². The second kappa shape index (κ2) is 6.08. The number of rotatable bonds is 5. The minimum Gasteiger partial charge on any atom is -0.493 e. The summed E-state index contributed by atoms with van der Waals surface area (Å²) in [6.07, 6.45) is 2.45.